The molecule has 3 nitrogen and oxygen atoms in total. The molecule has 0 spiro atoms. The average molecular weight is 1680 g/mol. The zero-order valence-corrected chi connectivity index (χ0v) is 65.4. The van der Waals surface area contributed by atoms with Crippen LogP contribution in [0.2, 0.25) is 0 Å². The maximum Gasteiger partial charge on any atom is 0.147 e. The molecule has 0 aromatic heterocycles. The maximum absolute atomic E-state index is 16.7. The van der Waals surface area contributed by atoms with Crippen LogP contribution in [0.1, 0.15) is 0 Å². The molecular weight excluding hydrogens is 1620 g/mol. The van der Waals surface area contributed by atoms with E-state index in [-0.39, 0.29) is 39.9 Å². The molecule has 1 N–H and O–H groups in total. The van der Waals surface area contributed by atoms with Crippen molar-refractivity contribution in [3.8, 4) is 66.8 Å². The molecule has 20 aromatic carbocycles. The summed E-state index contributed by atoms with van der Waals surface area (Å²) in [6.07, 6.45) is 0. The Kier molecular flexibility index (Phi) is 20.6. The van der Waals surface area contributed by atoms with Gasteiger partial charge in [-0.05, 0) is 219 Å². The molecule has 0 fully saturated rings. The van der Waals surface area contributed by atoms with Crippen molar-refractivity contribution in [1.29, 1.82) is 0 Å². The highest BCUT2D eigenvalue weighted by Gasteiger charge is 2.29. The Morgan fingerprint density at radius 3 is 0.864 bits per heavy atom. The molecule has 0 atom stereocenters. The lowest BCUT2D eigenvalue weighted by Crippen LogP contribution is -2.15. The van der Waals surface area contributed by atoms with E-state index >= 15 is 26.3 Å². The Hall–Kier alpha value is -13.8. The Bertz CT molecular complexity index is 6870. The average Bonchev–Trinajstić information content (AvgIpc) is 0.714. The van der Waals surface area contributed by atoms with Crippen LogP contribution in [0.5, 0.6) is 0 Å². The number of anilines is 8. The van der Waals surface area contributed by atoms with Crippen molar-refractivity contribution in [3.05, 3.63) is 431 Å². The molecule has 0 aliphatic rings. The lowest BCUT2D eigenvalue weighted by Gasteiger charge is -2.31. The summed E-state index contributed by atoms with van der Waals surface area (Å²) in [5, 5.41) is 14.7. The summed E-state index contributed by atoms with van der Waals surface area (Å²) in [6, 6.07) is 106. The number of rotatable bonds is 14. The van der Waals surface area contributed by atoms with Crippen molar-refractivity contribution >= 4 is 142 Å². The van der Waals surface area contributed by atoms with E-state index in [0.717, 1.165) is 25.3 Å². The zero-order valence-electron chi connectivity index (χ0n) is 62.3. The van der Waals surface area contributed by atoms with Gasteiger partial charge in [-0.2, -0.15) is 0 Å². The molecule has 0 amide bonds. The smallest absolute Gasteiger partial charge is 0.147 e. The van der Waals surface area contributed by atoms with Crippen LogP contribution in [0.25, 0.3) is 131 Å². The predicted octanol–water partition coefficient (Wildman–Crippen LogP) is 32.3. The third-order valence-electron chi connectivity index (χ3n) is 21.4. The van der Waals surface area contributed by atoms with Crippen LogP contribution in [0.4, 0.5) is 85.0 Å². The van der Waals surface area contributed by atoms with Crippen LogP contribution < -0.4 is 15.1 Å². The molecule has 20 aromatic rings. The molecule has 14 heteroatoms. The molecule has 0 radical (unpaired) electrons. The molecule has 20 rings (SSSR count). The second-order valence-electron chi connectivity index (χ2n) is 28.5. The molecular formula is C104H62Br2F9N3. The van der Waals surface area contributed by atoms with Crippen molar-refractivity contribution in [2.45, 2.75) is 0 Å². The fraction of sp³-hybridized carbons (Fsp3) is 0. The second-order valence-corrected chi connectivity index (χ2v) is 30.2. The topological polar surface area (TPSA) is 18.5 Å². The van der Waals surface area contributed by atoms with Crippen LogP contribution in [0, 0.1) is 52.4 Å². The summed E-state index contributed by atoms with van der Waals surface area (Å²) in [4.78, 5) is 3.10. The number of nitrogens with zero attached hydrogens (tertiary/aromatic N) is 2. The van der Waals surface area contributed by atoms with Gasteiger partial charge in [-0.15, -0.1) is 0 Å². The fourth-order valence-electron chi connectivity index (χ4n) is 15.9. The SMILES string of the molecule is Brc1cc2cccc3c(Br)cc4cccc1c4c23.Fc1cc(-c2ccc(F)c(N(c3ccccc3F)c3cc4cccc5c(N(c6ccccc6F)c6cc(-c7ccc(-c8ccccc8)c(F)c7)ccc6F)cc6cccc3c6c45)c2)ccc1-c1ccccc1.Fc1ccccc1Nc1cc(-c2ccc(-c3ccccc3)c(F)c2)ccc1F. The molecule has 0 unspecified atom stereocenters. The van der Waals surface area contributed by atoms with Crippen molar-refractivity contribution < 1.29 is 39.5 Å². The van der Waals surface area contributed by atoms with Crippen molar-refractivity contribution in [2.75, 3.05) is 15.1 Å². The van der Waals surface area contributed by atoms with E-state index in [1.807, 2.05) is 140 Å². The largest absolute Gasteiger partial charge is 0.351 e. The molecule has 0 saturated heterocycles. The van der Waals surface area contributed by atoms with Crippen LogP contribution in [-0.2, 0) is 0 Å². The first-order valence-corrected chi connectivity index (χ1v) is 39.4. The van der Waals surface area contributed by atoms with Crippen LogP contribution in [0.15, 0.2) is 379 Å². The summed E-state index contributed by atoms with van der Waals surface area (Å²) < 4.78 is 143. The minimum absolute atomic E-state index is 0.0244. The van der Waals surface area contributed by atoms with Gasteiger partial charge in [-0.25, -0.2) is 39.5 Å². The third-order valence-corrected chi connectivity index (χ3v) is 22.7. The van der Waals surface area contributed by atoms with Gasteiger partial charge in [0.15, 0.2) is 0 Å². The van der Waals surface area contributed by atoms with Gasteiger partial charge in [-0.3, -0.25) is 0 Å². The van der Waals surface area contributed by atoms with Crippen LogP contribution in [0.3, 0.4) is 0 Å². The zero-order chi connectivity index (χ0) is 80.8. The highest BCUT2D eigenvalue weighted by atomic mass is 79.9. The molecule has 0 saturated carbocycles. The van der Waals surface area contributed by atoms with Gasteiger partial charge in [0, 0.05) is 36.4 Å². The van der Waals surface area contributed by atoms with E-state index in [0.29, 0.717) is 94.1 Å². The number of hydrogen-bond acceptors (Lipinski definition) is 3. The standard InChI is InChI=1S/C64H38F6N2.C24H16F3N.C16H8Br2/c65-51-21-7-9-23-57(51)71(61-35-43(27-31-53(61)67)41-25-29-47(55(69)33-41)39-13-3-1-4-14-39)59-37-45-17-12-20-50-60(38-46-18-11-19-49(59)63(46)64(45)50)72(58-24-10-8-22-52(58)66)62-36-44(28-32-54(62)68)42-26-30-48(56(70)34-42)40-15-5-2-6-16-40;25-20-8-4-5-9-23(20)28-24-15-18(11-13-21(24)26)17-10-12-19(22(27)14-17)16-6-2-1-3-7-16;17-13-8-10-4-2-6-12-14(18)7-9-3-1-5-11(13)15(9)16(10)12/h1-38H;1-15,28H;1-8H. The Labute approximate surface area is 690 Å². The summed E-state index contributed by atoms with van der Waals surface area (Å²) in [6.45, 7) is 0. The van der Waals surface area contributed by atoms with Gasteiger partial charge >= 0.3 is 0 Å². The Morgan fingerprint density at radius 1 is 0.186 bits per heavy atom. The first kappa shape index (κ1) is 75.6. The summed E-state index contributed by atoms with van der Waals surface area (Å²) in [5.74, 6) is -4.76. The number of halogens is 11. The quantitative estimate of drug-likeness (QED) is 0.0865. The number of benzene rings is 20. The second kappa shape index (κ2) is 32.1. The van der Waals surface area contributed by atoms with Crippen molar-refractivity contribution in [1.82, 2.24) is 0 Å². The van der Waals surface area contributed by atoms with Crippen LogP contribution >= 0.6 is 31.9 Å². The van der Waals surface area contributed by atoms with Crippen LogP contribution in [-0.4, -0.2) is 0 Å². The van der Waals surface area contributed by atoms with Crippen molar-refractivity contribution in [2.24, 2.45) is 0 Å². The maximum atomic E-state index is 16.7. The van der Waals surface area contributed by atoms with Gasteiger partial charge < -0.3 is 15.1 Å². The molecule has 0 aliphatic carbocycles. The number of para-hydroxylation sites is 3. The van der Waals surface area contributed by atoms with Gasteiger partial charge in [0.2, 0.25) is 0 Å². The van der Waals surface area contributed by atoms with Gasteiger partial charge in [0.1, 0.15) is 52.4 Å². The predicted molar refractivity (Wildman–Crippen MR) is 473 cm³/mol. The fourth-order valence-corrected chi connectivity index (χ4v) is 17.0. The third kappa shape index (κ3) is 14.4. The van der Waals surface area contributed by atoms with E-state index < -0.39 is 46.5 Å². The summed E-state index contributed by atoms with van der Waals surface area (Å²) in [5.41, 5.74) is 8.19. The van der Waals surface area contributed by atoms with Gasteiger partial charge in [-0.1, -0.05) is 287 Å². The first-order chi connectivity index (χ1) is 57.6. The van der Waals surface area contributed by atoms with E-state index in [9.17, 15) is 13.2 Å². The lowest BCUT2D eigenvalue weighted by atomic mass is 9.90. The van der Waals surface area contributed by atoms with Gasteiger partial charge in [0.25, 0.3) is 0 Å². The molecule has 118 heavy (non-hydrogen) atoms. The number of hydrogen-bond donors (Lipinski definition) is 1. The van der Waals surface area contributed by atoms with E-state index in [1.165, 1.54) is 93.0 Å². The van der Waals surface area contributed by atoms with Gasteiger partial charge in [0.05, 0.1) is 45.5 Å². The monoisotopic (exact) mass is 1680 g/mol. The van der Waals surface area contributed by atoms with Crippen molar-refractivity contribution in [3.63, 3.8) is 0 Å². The highest BCUT2D eigenvalue weighted by Crippen LogP contribution is 2.52. The summed E-state index contributed by atoms with van der Waals surface area (Å²) >= 11 is 7.37. The van der Waals surface area contributed by atoms with E-state index in [1.54, 1.807) is 131 Å². The number of nitrogens with one attached hydrogen (secondary N) is 1. The minimum atomic E-state index is -0.643. The Balaban J connectivity index is 0.000000168. The lowest BCUT2D eigenvalue weighted by molar-refractivity contribution is 0.619. The van der Waals surface area contributed by atoms with E-state index in [4.69, 9.17) is 0 Å². The molecule has 0 aliphatic heterocycles. The van der Waals surface area contributed by atoms with E-state index in [2.05, 4.69) is 85.7 Å². The molecule has 0 heterocycles. The molecule has 0 bridgehead atoms. The summed E-state index contributed by atoms with van der Waals surface area (Å²) in [7, 11) is 0. The normalized spacial score (nSPS) is 11.3. The Morgan fingerprint density at radius 2 is 0.483 bits per heavy atom. The first-order valence-electron chi connectivity index (χ1n) is 37.8. The highest BCUT2D eigenvalue weighted by molar-refractivity contribution is 9.11. The molecule has 570 valence electrons. The minimum Gasteiger partial charge on any atom is -0.351 e.